The average molecular weight is 723 g/mol. The van der Waals surface area contributed by atoms with Crippen molar-refractivity contribution in [2.75, 3.05) is 26.4 Å². The summed E-state index contributed by atoms with van der Waals surface area (Å²) in [5.74, 6) is -0.225. The Bertz CT molecular complexity index is 638. The van der Waals surface area contributed by atoms with Crippen LogP contribution in [-0.4, -0.2) is 38.5 Å². The monoisotopic (exact) mass is 723 g/mol. The van der Waals surface area contributed by atoms with Crippen LogP contribution in [0.5, 0.6) is 0 Å². The zero-order chi connectivity index (χ0) is 37.0. The summed E-state index contributed by atoms with van der Waals surface area (Å²) in [4.78, 5) is 12.9. The zero-order valence-electron chi connectivity index (χ0n) is 35.4. The number of unbranched alkanes of at least 4 members (excludes halogenated alkanes) is 35. The Morgan fingerprint density at radius 3 is 0.902 bits per heavy atom. The van der Waals surface area contributed by atoms with Gasteiger partial charge in [-0.05, 0) is 19.3 Å². The number of hydrogen-bond donors (Lipinski definition) is 0. The van der Waals surface area contributed by atoms with Crippen LogP contribution in [-0.2, 0) is 19.0 Å². The molecule has 0 heterocycles. The summed E-state index contributed by atoms with van der Waals surface area (Å²) in [6.07, 6.45) is 50.0. The molecule has 0 aromatic rings. The molecule has 0 aromatic heterocycles. The minimum Gasteiger partial charge on any atom is -0.464 e. The second kappa shape index (κ2) is 45.5. The molecule has 0 aromatic carbocycles. The Balaban J connectivity index is 4.05. The van der Waals surface area contributed by atoms with Crippen molar-refractivity contribution in [3.8, 4) is 0 Å². The van der Waals surface area contributed by atoms with Crippen molar-refractivity contribution in [1.82, 2.24) is 0 Å². The van der Waals surface area contributed by atoms with Crippen molar-refractivity contribution in [2.24, 2.45) is 0 Å². The lowest BCUT2D eigenvalue weighted by Crippen LogP contribution is -2.32. The second-order valence-electron chi connectivity index (χ2n) is 16.0. The van der Waals surface area contributed by atoms with E-state index < -0.39 is 6.10 Å². The number of hydrogen-bond acceptors (Lipinski definition) is 4. The molecule has 4 heteroatoms. The van der Waals surface area contributed by atoms with Gasteiger partial charge in [0.25, 0.3) is 0 Å². The van der Waals surface area contributed by atoms with Crippen molar-refractivity contribution < 1.29 is 19.0 Å². The van der Waals surface area contributed by atoms with E-state index in [-0.39, 0.29) is 5.97 Å². The normalized spacial score (nSPS) is 12.1. The van der Waals surface area contributed by atoms with Crippen LogP contribution >= 0.6 is 0 Å². The maximum atomic E-state index is 12.9. The van der Waals surface area contributed by atoms with E-state index in [1.165, 1.54) is 218 Å². The maximum Gasteiger partial charge on any atom is 0.337 e. The summed E-state index contributed by atoms with van der Waals surface area (Å²) in [5, 5.41) is 0. The number of carbonyl (C=O) groups excluding carboxylic acids is 1. The molecule has 0 rings (SSSR count). The van der Waals surface area contributed by atoms with Gasteiger partial charge in [0.1, 0.15) is 0 Å². The standard InChI is InChI=1S/C47H94O4/c1-4-7-10-13-16-19-22-24-26-28-30-33-36-39-42-49-45-46(47(48)51-44-41-38-35-31-21-18-15-12-9-6-3)50-43-40-37-34-32-29-27-25-23-20-17-14-11-8-5-2/h46H,4-45H2,1-3H3. The number of ether oxygens (including phenoxy) is 3. The lowest BCUT2D eigenvalue weighted by molar-refractivity contribution is -0.161. The van der Waals surface area contributed by atoms with Gasteiger partial charge in [-0.15, -0.1) is 0 Å². The van der Waals surface area contributed by atoms with Crippen molar-refractivity contribution in [1.29, 1.82) is 0 Å². The highest BCUT2D eigenvalue weighted by Gasteiger charge is 2.21. The molecule has 0 radical (unpaired) electrons. The Labute approximate surface area is 321 Å². The SMILES string of the molecule is CCCCCCCCCCCCCCCCOCC(OCCCCCCCCCCCCCCCC)C(=O)OCCCCCCCCCCCC. The Kier molecular flexibility index (Phi) is 45.0. The van der Waals surface area contributed by atoms with Gasteiger partial charge in [-0.25, -0.2) is 4.79 Å². The summed E-state index contributed by atoms with van der Waals surface area (Å²) in [6, 6.07) is 0. The molecule has 0 amide bonds. The van der Waals surface area contributed by atoms with Gasteiger partial charge in [0.15, 0.2) is 6.10 Å². The number of carbonyl (C=O) groups is 1. The fraction of sp³-hybridized carbons (Fsp3) is 0.979. The summed E-state index contributed by atoms with van der Waals surface area (Å²) in [5.41, 5.74) is 0. The fourth-order valence-corrected chi connectivity index (χ4v) is 7.15. The van der Waals surface area contributed by atoms with E-state index in [9.17, 15) is 4.79 Å². The summed E-state index contributed by atoms with van der Waals surface area (Å²) < 4.78 is 17.8. The Morgan fingerprint density at radius 1 is 0.333 bits per heavy atom. The Hall–Kier alpha value is -0.610. The smallest absolute Gasteiger partial charge is 0.337 e. The maximum absolute atomic E-state index is 12.9. The second-order valence-corrected chi connectivity index (χ2v) is 16.0. The molecule has 0 fully saturated rings. The van der Waals surface area contributed by atoms with Crippen LogP contribution in [0.25, 0.3) is 0 Å². The van der Waals surface area contributed by atoms with Crippen LogP contribution in [0.3, 0.4) is 0 Å². The predicted molar refractivity (Wildman–Crippen MR) is 224 cm³/mol. The van der Waals surface area contributed by atoms with E-state index in [0.717, 1.165) is 25.7 Å². The molecule has 4 nitrogen and oxygen atoms in total. The first-order valence-corrected chi connectivity index (χ1v) is 23.6. The lowest BCUT2D eigenvalue weighted by Gasteiger charge is -2.17. The molecule has 1 atom stereocenters. The van der Waals surface area contributed by atoms with E-state index in [4.69, 9.17) is 14.2 Å². The van der Waals surface area contributed by atoms with Gasteiger partial charge in [0.05, 0.1) is 13.2 Å². The van der Waals surface area contributed by atoms with Gasteiger partial charge >= 0.3 is 5.97 Å². The Morgan fingerprint density at radius 2 is 0.588 bits per heavy atom. The zero-order valence-corrected chi connectivity index (χ0v) is 35.4. The average Bonchev–Trinajstić information content (AvgIpc) is 3.14. The van der Waals surface area contributed by atoms with Crippen LogP contribution in [0.15, 0.2) is 0 Å². The highest BCUT2D eigenvalue weighted by Crippen LogP contribution is 2.15. The van der Waals surface area contributed by atoms with E-state index in [1.54, 1.807) is 0 Å². The molecule has 306 valence electrons. The molecule has 1 unspecified atom stereocenters. The van der Waals surface area contributed by atoms with E-state index in [2.05, 4.69) is 20.8 Å². The van der Waals surface area contributed by atoms with E-state index >= 15 is 0 Å². The first kappa shape index (κ1) is 50.4. The highest BCUT2D eigenvalue weighted by molar-refractivity contribution is 5.74. The van der Waals surface area contributed by atoms with Gasteiger partial charge in [-0.3, -0.25) is 0 Å². The van der Waals surface area contributed by atoms with Crippen molar-refractivity contribution in [3.63, 3.8) is 0 Å². The highest BCUT2D eigenvalue weighted by atomic mass is 16.6. The first-order valence-electron chi connectivity index (χ1n) is 23.6. The third-order valence-electron chi connectivity index (χ3n) is 10.7. The molecule has 0 aliphatic rings. The van der Waals surface area contributed by atoms with E-state index in [1.807, 2.05) is 0 Å². The minimum atomic E-state index is -0.582. The number of rotatable bonds is 45. The molecule has 0 aliphatic heterocycles. The molecule has 0 saturated heterocycles. The van der Waals surface area contributed by atoms with Crippen molar-refractivity contribution in [2.45, 2.75) is 271 Å². The van der Waals surface area contributed by atoms with E-state index in [0.29, 0.717) is 26.4 Å². The molecular formula is C47H94O4. The van der Waals surface area contributed by atoms with Gasteiger partial charge in [0, 0.05) is 13.2 Å². The summed E-state index contributed by atoms with van der Waals surface area (Å²) >= 11 is 0. The van der Waals surface area contributed by atoms with Crippen LogP contribution in [0, 0.1) is 0 Å². The quantitative estimate of drug-likeness (QED) is 0.0464. The molecule has 0 N–H and O–H groups in total. The summed E-state index contributed by atoms with van der Waals surface area (Å²) in [7, 11) is 0. The largest absolute Gasteiger partial charge is 0.464 e. The number of esters is 1. The fourth-order valence-electron chi connectivity index (χ4n) is 7.15. The summed E-state index contributed by atoms with van der Waals surface area (Å²) in [6.45, 7) is 9.02. The topological polar surface area (TPSA) is 44.8 Å². The molecule has 0 saturated carbocycles. The van der Waals surface area contributed by atoms with Gasteiger partial charge in [0.2, 0.25) is 0 Å². The first-order chi connectivity index (χ1) is 25.3. The molecule has 0 aliphatic carbocycles. The molecule has 51 heavy (non-hydrogen) atoms. The third-order valence-corrected chi connectivity index (χ3v) is 10.7. The molecule has 0 bridgehead atoms. The lowest BCUT2D eigenvalue weighted by atomic mass is 10.0. The van der Waals surface area contributed by atoms with Crippen molar-refractivity contribution in [3.05, 3.63) is 0 Å². The van der Waals surface area contributed by atoms with Crippen molar-refractivity contribution >= 4 is 5.97 Å². The minimum absolute atomic E-state index is 0.225. The van der Waals surface area contributed by atoms with Crippen LogP contribution in [0.4, 0.5) is 0 Å². The van der Waals surface area contributed by atoms with Gasteiger partial charge < -0.3 is 14.2 Å². The van der Waals surface area contributed by atoms with Gasteiger partial charge in [-0.1, -0.05) is 245 Å². The third kappa shape index (κ3) is 42.0. The van der Waals surface area contributed by atoms with Crippen LogP contribution in [0.2, 0.25) is 0 Å². The van der Waals surface area contributed by atoms with Crippen LogP contribution < -0.4 is 0 Å². The molecule has 0 spiro atoms. The molecular weight excluding hydrogens is 629 g/mol. The van der Waals surface area contributed by atoms with Gasteiger partial charge in [-0.2, -0.15) is 0 Å². The van der Waals surface area contributed by atoms with Crippen LogP contribution in [0.1, 0.15) is 265 Å². The predicted octanol–water partition coefficient (Wildman–Crippen LogP) is 15.8.